The molecule has 4 nitrogen and oxygen atoms in total. The van der Waals surface area contributed by atoms with Gasteiger partial charge in [-0.25, -0.2) is 0 Å². The average molecular weight is 342 g/mol. The molecular formula is C13H16BrN3OS. The predicted octanol–water partition coefficient (Wildman–Crippen LogP) is 3.92. The van der Waals surface area contributed by atoms with Crippen LogP contribution < -0.4 is 5.73 Å². The van der Waals surface area contributed by atoms with Crippen LogP contribution in [-0.2, 0) is 5.54 Å². The standard InChI is InChI=1S/C13H16BrN3OS/c1-8-3-2-4-13(15,6-8)12-16-11(17-18-12)10-5-9(14)7-19-10/h5,7-8H,2-4,6,15H2,1H3. The number of hydrogen-bond acceptors (Lipinski definition) is 5. The molecule has 2 aromatic rings. The van der Waals surface area contributed by atoms with E-state index < -0.39 is 5.54 Å². The zero-order valence-corrected chi connectivity index (χ0v) is 13.1. The highest BCUT2D eigenvalue weighted by Crippen LogP contribution is 2.38. The van der Waals surface area contributed by atoms with Crippen molar-refractivity contribution < 1.29 is 4.52 Å². The smallest absolute Gasteiger partial charge is 0.247 e. The number of nitrogens with two attached hydrogens (primary N) is 1. The molecule has 1 aliphatic carbocycles. The highest BCUT2D eigenvalue weighted by atomic mass is 79.9. The quantitative estimate of drug-likeness (QED) is 0.898. The molecule has 2 aromatic heterocycles. The van der Waals surface area contributed by atoms with Crippen molar-refractivity contribution in [2.24, 2.45) is 11.7 Å². The van der Waals surface area contributed by atoms with Crippen LogP contribution in [0.4, 0.5) is 0 Å². The summed E-state index contributed by atoms with van der Waals surface area (Å²) in [6, 6.07) is 1.99. The Bertz CT molecular complexity index is 582. The molecule has 19 heavy (non-hydrogen) atoms. The number of thiophene rings is 1. The molecular weight excluding hydrogens is 326 g/mol. The third-order valence-electron chi connectivity index (χ3n) is 3.67. The van der Waals surface area contributed by atoms with Gasteiger partial charge in [-0.2, -0.15) is 4.98 Å². The molecule has 6 heteroatoms. The molecule has 2 atom stereocenters. The SMILES string of the molecule is CC1CCCC(N)(c2nc(-c3cc(Br)cs3)no2)C1. The molecule has 0 saturated heterocycles. The largest absolute Gasteiger partial charge is 0.337 e. The van der Waals surface area contributed by atoms with Crippen LogP contribution in [0.3, 0.4) is 0 Å². The number of aromatic nitrogens is 2. The first kappa shape index (κ1) is 13.3. The van der Waals surface area contributed by atoms with E-state index in [-0.39, 0.29) is 0 Å². The topological polar surface area (TPSA) is 64.9 Å². The molecule has 0 bridgehead atoms. The van der Waals surface area contributed by atoms with E-state index in [0.29, 0.717) is 17.6 Å². The van der Waals surface area contributed by atoms with Gasteiger partial charge in [0.2, 0.25) is 11.7 Å². The van der Waals surface area contributed by atoms with Gasteiger partial charge in [-0.15, -0.1) is 11.3 Å². The van der Waals surface area contributed by atoms with E-state index in [0.717, 1.165) is 28.6 Å². The van der Waals surface area contributed by atoms with Crippen molar-refractivity contribution in [1.29, 1.82) is 0 Å². The summed E-state index contributed by atoms with van der Waals surface area (Å²) in [7, 11) is 0. The zero-order chi connectivity index (χ0) is 13.5. The first-order chi connectivity index (χ1) is 9.07. The summed E-state index contributed by atoms with van der Waals surface area (Å²) in [5.74, 6) is 1.83. The fraction of sp³-hybridized carbons (Fsp3) is 0.538. The monoisotopic (exact) mass is 341 g/mol. The zero-order valence-electron chi connectivity index (χ0n) is 10.7. The minimum atomic E-state index is -0.447. The minimum absolute atomic E-state index is 0.447. The maximum absolute atomic E-state index is 6.47. The summed E-state index contributed by atoms with van der Waals surface area (Å²) in [5, 5.41) is 6.07. The van der Waals surface area contributed by atoms with Gasteiger partial charge >= 0.3 is 0 Å². The van der Waals surface area contributed by atoms with Crippen LogP contribution in [0.15, 0.2) is 20.4 Å². The second kappa shape index (κ2) is 5.00. The van der Waals surface area contributed by atoms with Gasteiger partial charge < -0.3 is 10.3 Å². The molecule has 102 valence electrons. The number of nitrogens with zero attached hydrogens (tertiary/aromatic N) is 2. The molecule has 1 saturated carbocycles. The van der Waals surface area contributed by atoms with Crippen molar-refractivity contribution in [1.82, 2.24) is 10.1 Å². The Morgan fingerprint density at radius 3 is 3.11 bits per heavy atom. The molecule has 3 rings (SSSR count). The Morgan fingerprint density at radius 2 is 2.42 bits per heavy atom. The summed E-state index contributed by atoms with van der Waals surface area (Å²) in [5.41, 5.74) is 6.02. The highest BCUT2D eigenvalue weighted by molar-refractivity contribution is 9.10. The maximum Gasteiger partial charge on any atom is 0.247 e. The summed E-state index contributed by atoms with van der Waals surface area (Å²) in [6.45, 7) is 2.23. The van der Waals surface area contributed by atoms with E-state index in [4.69, 9.17) is 10.3 Å². The van der Waals surface area contributed by atoms with Crippen molar-refractivity contribution in [3.63, 3.8) is 0 Å². The van der Waals surface area contributed by atoms with Crippen molar-refractivity contribution in [3.8, 4) is 10.7 Å². The molecule has 2 N–H and O–H groups in total. The Labute approximate surface area is 124 Å². The van der Waals surface area contributed by atoms with Crippen LogP contribution in [0.1, 0.15) is 38.5 Å². The normalized spacial score (nSPS) is 27.6. The summed E-state index contributed by atoms with van der Waals surface area (Å²) in [6.07, 6.45) is 4.20. The van der Waals surface area contributed by atoms with Gasteiger partial charge in [0.1, 0.15) is 0 Å². The van der Waals surface area contributed by atoms with Crippen LogP contribution >= 0.6 is 27.3 Å². The van der Waals surface area contributed by atoms with Crippen LogP contribution in [0.25, 0.3) is 10.7 Å². The predicted molar refractivity (Wildman–Crippen MR) is 78.8 cm³/mol. The van der Waals surface area contributed by atoms with E-state index in [1.807, 2.05) is 11.4 Å². The third-order valence-corrected chi connectivity index (χ3v) is 5.36. The van der Waals surface area contributed by atoms with Crippen molar-refractivity contribution in [3.05, 3.63) is 21.8 Å². The lowest BCUT2D eigenvalue weighted by atomic mass is 9.77. The molecule has 0 aromatic carbocycles. The number of hydrogen-bond donors (Lipinski definition) is 1. The second-order valence-corrected chi connectivity index (χ2v) is 7.24. The lowest BCUT2D eigenvalue weighted by Crippen LogP contribution is -2.41. The maximum atomic E-state index is 6.47. The summed E-state index contributed by atoms with van der Waals surface area (Å²) >= 11 is 5.02. The van der Waals surface area contributed by atoms with Crippen molar-refractivity contribution in [2.45, 2.75) is 38.1 Å². The second-order valence-electron chi connectivity index (χ2n) is 5.41. The first-order valence-corrected chi connectivity index (χ1v) is 8.11. The molecule has 1 fully saturated rings. The van der Waals surface area contributed by atoms with Gasteiger partial charge in [-0.1, -0.05) is 24.9 Å². The molecule has 2 unspecified atom stereocenters. The molecule has 2 heterocycles. The van der Waals surface area contributed by atoms with Crippen LogP contribution in [0.2, 0.25) is 0 Å². The molecule has 0 aliphatic heterocycles. The highest BCUT2D eigenvalue weighted by Gasteiger charge is 2.37. The number of rotatable bonds is 2. The van der Waals surface area contributed by atoms with E-state index in [1.54, 1.807) is 11.3 Å². The number of halogens is 1. The first-order valence-electron chi connectivity index (χ1n) is 6.44. The lowest BCUT2D eigenvalue weighted by molar-refractivity contribution is 0.183. The van der Waals surface area contributed by atoms with E-state index in [1.165, 1.54) is 6.42 Å². The Kier molecular flexibility index (Phi) is 3.49. The minimum Gasteiger partial charge on any atom is -0.337 e. The fourth-order valence-corrected chi connectivity index (χ4v) is 4.09. The van der Waals surface area contributed by atoms with E-state index in [9.17, 15) is 0 Å². The third kappa shape index (κ3) is 2.61. The van der Waals surface area contributed by atoms with Gasteiger partial charge in [0.15, 0.2) is 0 Å². The molecule has 0 spiro atoms. The fourth-order valence-electron chi connectivity index (χ4n) is 2.74. The molecule has 0 amide bonds. The van der Waals surface area contributed by atoms with Crippen molar-refractivity contribution in [2.75, 3.05) is 0 Å². The molecule has 0 radical (unpaired) electrons. The van der Waals surface area contributed by atoms with E-state index >= 15 is 0 Å². The van der Waals surface area contributed by atoms with Gasteiger partial charge in [-0.3, -0.25) is 0 Å². The Hall–Kier alpha value is -0.720. The Balaban J connectivity index is 1.88. The van der Waals surface area contributed by atoms with Gasteiger partial charge in [0, 0.05) is 9.85 Å². The summed E-state index contributed by atoms with van der Waals surface area (Å²) < 4.78 is 6.46. The lowest BCUT2D eigenvalue weighted by Gasteiger charge is -2.33. The van der Waals surface area contributed by atoms with E-state index in [2.05, 4.69) is 33.0 Å². The van der Waals surface area contributed by atoms with Crippen LogP contribution in [-0.4, -0.2) is 10.1 Å². The van der Waals surface area contributed by atoms with Gasteiger partial charge in [0.25, 0.3) is 0 Å². The van der Waals surface area contributed by atoms with Crippen LogP contribution in [0, 0.1) is 5.92 Å². The molecule has 1 aliphatic rings. The van der Waals surface area contributed by atoms with Crippen LogP contribution in [0.5, 0.6) is 0 Å². The van der Waals surface area contributed by atoms with Crippen molar-refractivity contribution >= 4 is 27.3 Å². The van der Waals surface area contributed by atoms with Gasteiger partial charge in [0.05, 0.1) is 10.4 Å². The van der Waals surface area contributed by atoms with Gasteiger partial charge in [-0.05, 0) is 40.8 Å². The Morgan fingerprint density at radius 1 is 1.58 bits per heavy atom. The average Bonchev–Trinajstić information content (AvgIpc) is 2.96. The summed E-state index contributed by atoms with van der Waals surface area (Å²) in [4.78, 5) is 5.51.